The molecule has 0 bridgehead atoms. The van der Waals surface area contributed by atoms with Crippen molar-refractivity contribution >= 4 is 11.9 Å². The molecule has 17 heavy (non-hydrogen) atoms. The minimum absolute atomic E-state index is 0.116. The van der Waals surface area contributed by atoms with Crippen LogP contribution >= 0.6 is 0 Å². The number of likely N-dealkylation sites (tertiary alicyclic amines) is 1. The van der Waals surface area contributed by atoms with E-state index in [4.69, 9.17) is 9.84 Å². The number of carboxylic acid groups (broad SMARTS) is 1. The van der Waals surface area contributed by atoms with Crippen LogP contribution in [-0.2, 0) is 14.3 Å². The normalized spacial score (nSPS) is 24.0. The number of hydrogen-bond donors (Lipinski definition) is 2. The molecule has 1 amide bonds. The Hall–Kier alpha value is -1.14. The van der Waals surface area contributed by atoms with E-state index < -0.39 is 18.1 Å². The maximum atomic E-state index is 11.8. The van der Waals surface area contributed by atoms with Crippen molar-refractivity contribution in [3.63, 3.8) is 0 Å². The lowest BCUT2D eigenvalue weighted by atomic mass is 10.2. The molecular formula is C11H19NO5. The standard InChI is InChI=1S/C11H19NO5/c1-2-17-5-3-4-10(14)12-7-8(13)6-9(12)11(15)16/h8-9,13H,2-7H2,1H3,(H,15,16)/t8-,9-/m1/s1. The van der Waals surface area contributed by atoms with Gasteiger partial charge < -0.3 is 19.8 Å². The van der Waals surface area contributed by atoms with E-state index in [0.29, 0.717) is 19.6 Å². The van der Waals surface area contributed by atoms with Crippen molar-refractivity contribution < 1.29 is 24.5 Å². The molecule has 98 valence electrons. The Kier molecular flexibility index (Phi) is 5.37. The molecule has 1 saturated heterocycles. The maximum absolute atomic E-state index is 11.8. The van der Waals surface area contributed by atoms with E-state index in [0.717, 1.165) is 0 Å². The predicted octanol–water partition coefficient (Wildman–Crippen LogP) is -0.151. The second-order valence-electron chi connectivity index (χ2n) is 4.09. The molecule has 2 N–H and O–H groups in total. The third-order valence-electron chi connectivity index (χ3n) is 2.77. The van der Waals surface area contributed by atoms with Crippen molar-refractivity contribution in [1.29, 1.82) is 0 Å². The van der Waals surface area contributed by atoms with Gasteiger partial charge >= 0.3 is 5.97 Å². The summed E-state index contributed by atoms with van der Waals surface area (Å²) in [7, 11) is 0. The van der Waals surface area contributed by atoms with Gasteiger partial charge in [-0.05, 0) is 13.3 Å². The zero-order valence-corrected chi connectivity index (χ0v) is 9.96. The smallest absolute Gasteiger partial charge is 0.326 e. The molecule has 2 atom stereocenters. The topological polar surface area (TPSA) is 87.1 Å². The SMILES string of the molecule is CCOCCCC(=O)N1C[C@H](O)C[C@@H]1C(=O)O. The van der Waals surface area contributed by atoms with Crippen LogP contribution in [0, 0.1) is 0 Å². The summed E-state index contributed by atoms with van der Waals surface area (Å²) in [4.78, 5) is 23.9. The maximum Gasteiger partial charge on any atom is 0.326 e. The molecular weight excluding hydrogens is 226 g/mol. The van der Waals surface area contributed by atoms with Gasteiger partial charge in [0, 0.05) is 32.6 Å². The molecule has 1 rings (SSSR count). The van der Waals surface area contributed by atoms with Crippen LogP contribution in [0.25, 0.3) is 0 Å². The predicted molar refractivity (Wildman–Crippen MR) is 59.5 cm³/mol. The van der Waals surface area contributed by atoms with E-state index >= 15 is 0 Å². The zero-order chi connectivity index (χ0) is 12.8. The second-order valence-corrected chi connectivity index (χ2v) is 4.09. The van der Waals surface area contributed by atoms with Gasteiger partial charge in [-0.1, -0.05) is 0 Å². The summed E-state index contributed by atoms with van der Waals surface area (Å²) in [6.07, 6.45) is 0.223. The van der Waals surface area contributed by atoms with Gasteiger partial charge in [-0.2, -0.15) is 0 Å². The Bertz CT molecular complexity index is 281. The first kappa shape index (κ1) is 13.9. The Balaban J connectivity index is 2.41. The Labute approximate surface area is 100 Å². The van der Waals surface area contributed by atoms with E-state index in [1.165, 1.54) is 4.90 Å². The van der Waals surface area contributed by atoms with Crippen LogP contribution in [0.15, 0.2) is 0 Å². The van der Waals surface area contributed by atoms with E-state index in [9.17, 15) is 14.7 Å². The molecule has 0 aromatic carbocycles. The zero-order valence-electron chi connectivity index (χ0n) is 9.96. The lowest BCUT2D eigenvalue weighted by Gasteiger charge is -2.21. The van der Waals surface area contributed by atoms with Gasteiger partial charge in [0.1, 0.15) is 6.04 Å². The molecule has 0 aromatic heterocycles. The van der Waals surface area contributed by atoms with Gasteiger partial charge in [-0.3, -0.25) is 4.79 Å². The highest BCUT2D eigenvalue weighted by atomic mass is 16.5. The van der Waals surface area contributed by atoms with E-state index in [1.54, 1.807) is 0 Å². The number of aliphatic carboxylic acids is 1. The van der Waals surface area contributed by atoms with Crippen molar-refractivity contribution in [3.8, 4) is 0 Å². The van der Waals surface area contributed by atoms with Crippen LogP contribution in [0.3, 0.4) is 0 Å². The molecule has 1 heterocycles. The van der Waals surface area contributed by atoms with Gasteiger partial charge in [0.15, 0.2) is 0 Å². The van der Waals surface area contributed by atoms with Crippen LogP contribution in [0.1, 0.15) is 26.2 Å². The summed E-state index contributed by atoms with van der Waals surface area (Å²) >= 11 is 0. The number of carboxylic acids is 1. The first-order valence-electron chi connectivity index (χ1n) is 5.84. The van der Waals surface area contributed by atoms with Crippen LogP contribution < -0.4 is 0 Å². The Morgan fingerprint density at radius 2 is 2.18 bits per heavy atom. The number of aliphatic hydroxyl groups excluding tert-OH is 1. The van der Waals surface area contributed by atoms with Gasteiger partial charge in [0.25, 0.3) is 0 Å². The minimum atomic E-state index is -1.06. The van der Waals surface area contributed by atoms with Crippen LogP contribution in [0.5, 0.6) is 0 Å². The van der Waals surface area contributed by atoms with Crippen molar-refractivity contribution in [3.05, 3.63) is 0 Å². The van der Waals surface area contributed by atoms with Crippen LogP contribution in [0.2, 0.25) is 0 Å². The van der Waals surface area contributed by atoms with Crippen molar-refractivity contribution in [1.82, 2.24) is 4.90 Å². The first-order chi connectivity index (χ1) is 8.06. The summed E-state index contributed by atoms with van der Waals surface area (Å²) < 4.78 is 5.11. The molecule has 1 aliphatic heterocycles. The summed E-state index contributed by atoms with van der Waals surface area (Å²) in [5.41, 5.74) is 0. The third-order valence-corrected chi connectivity index (χ3v) is 2.77. The number of carbonyl (C=O) groups is 2. The number of amides is 1. The van der Waals surface area contributed by atoms with Gasteiger partial charge in [0.05, 0.1) is 6.10 Å². The fraction of sp³-hybridized carbons (Fsp3) is 0.818. The largest absolute Gasteiger partial charge is 0.480 e. The first-order valence-corrected chi connectivity index (χ1v) is 5.84. The minimum Gasteiger partial charge on any atom is -0.480 e. The lowest BCUT2D eigenvalue weighted by molar-refractivity contribution is -0.148. The molecule has 1 aliphatic rings. The van der Waals surface area contributed by atoms with Gasteiger partial charge in [0.2, 0.25) is 5.91 Å². The Morgan fingerprint density at radius 1 is 1.47 bits per heavy atom. The number of aliphatic hydroxyl groups is 1. The number of β-amino-alcohol motifs (C(OH)–C–C–N with tert-alkyl or cyclic N) is 1. The number of hydrogen-bond acceptors (Lipinski definition) is 4. The van der Waals surface area contributed by atoms with Gasteiger partial charge in [-0.25, -0.2) is 4.79 Å². The van der Waals surface area contributed by atoms with E-state index in [2.05, 4.69) is 0 Å². The highest BCUT2D eigenvalue weighted by Crippen LogP contribution is 2.19. The third kappa shape index (κ3) is 3.98. The fourth-order valence-electron chi connectivity index (χ4n) is 1.94. The summed E-state index contributed by atoms with van der Waals surface area (Å²) in [6.45, 7) is 3.09. The summed E-state index contributed by atoms with van der Waals surface area (Å²) in [5, 5.41) is 18.3. The van der Waals surface area contributed by atoms with Crippen molar-refractivity contribution in [2.45, 2.75) is 38.3 Å². The van der Waals surface area contributed by atoms with Crippen molar-refractivity contribution in [2.75, 3.05) is 19.8 Å². The van der Waals surface area contributed by atoms with Gasteiger partial charge in [-0.15, -0.1) is 0 Å². The molecule has 1 fully saturated rings. The molecule has 0 spiro atoms. The molecule has 0 saturated carbocycles. The fourth-order valence-corrected chi connectivity index (χ4v) is 1.94. The quantitative estimate of drug-likeness (QED) is 0.635. The average molecular weight is 245 g/mol. The number of carbonyl (C=O) groups excluding carboxylic acids is 1. The molecule has 0 unspecified atom stereocenters. The van der Waals surface area contributed by atoms with Crippen LogP contribution in [-0.4, -0.2) is 58.9 Å². The number of ether oxygens (including phenoxy) is 1. The monoisotopic (exact) mass is 245 g/mol. The Morgan fingerprint density at radius 3 is 2.76 bits per heavy atom. The molecule has 6 heteroatoms. The number of nitrogens with zero attached hydrogens (tertiary/aromatic N) is 1. The summed E-state index contributed by atoms with van der Waals surface area (Å²) in [5.74, 6) is -1.28. The van der Waals surface area contributed by atoms with E-state index in [-0.39, 0.29) is 25.3 Å². The summed E-state index contributed by atoms with van der Waals surface area (Å²) in [6, 6.07) is -0.885. The molecule has 0 aromatic rings. The highest BCUT2D eigenvalue weighted by molar-refractivity contribution is 5.84. The van der Waals surface area contributed by atoms with E-state index in [1.807, 2.05) is 6.92 Å². The van der Waals surface area contributed by atoms with Crippen molar-refractivity contribution in [2.24, 2.45) is 0 Å². The number of rotatable bonds is 6. The average Bonchev–Trinajstić information content (AvgIpc) is 2.66. The highest BCUT2D eigenvalue weighted by Gasteiger charge is 2.38. The molecule has 0 radical (unpaired) electrons. The second kappa shape index (κ2) is 6.56. The van der Waals surface area contributed by atoms with Crippen LogP contribution in [0.4, 0.5) is 0 Å². The molecule has 0 aliphatic carbocycles. The molecule has 6 nitrogen and oxygen atoms in total. The lowest BCUT2D eigenvalue weighted by Crippen LogP contribution is -2.40.